The van der Waals surface area contributed by atoms with Crippen LogP contribution in [0.5, 0.6) is 0 Å². The molecule has 1 aromatic rings. The van der Waals surface area contributed by atoms with E-state index in [4.69, 9.17) is 5.73 Å². The van der Waals surface area contributed by atoms with E-state index < -0.39 is 29.3 Å². The number of hydrogen-bond donors (Lipinski definition) is 2. The van der Waals surface area contributed by atoms with Crippen molar-refractivity contribution >= 4 is 29.5 Å². The van der Waals surface area contributed by atoms with E-state index in [0.29, 0.717) is 0 Å². The molecule has 0 aliphatic carbocycles. The lowest BCUT2D eigenvalue weighted by atomic mass is 10.2. The average molecular weight is 284 g/mol. The maximum absolute atomic E-state index is 10.7. The second kappa shape index (κ2) is 6.71. The van der Waals surface area contributed by atoms with Crippen LogP contribution in [0.3, 0.4) is 0 Å². The number of aliphatic carboxylic acids is 1. The summed E-state index contributed by atoms with van der Waals surface area (Å²) >= 11 is 0.734. The van der Waals surface area contributed by atoms with Gasteiger partial charge in [-0.3, -0.25) is 19.6 Å². The first-order valence-corrected chi connectivity index (χ1v) is 5.88. The lowest BCUT2D eigenvalue weighted by Crippen LogP contribution is -2.45. The van der Waals surface area contributed by atoms with Gasteiger partial charge in [0.25, 0.3) is 5.69 Å². The van der Waals surface area contributed by atoms with Gasteiger partial charge in [0.2, 0.25) is 5.91 Å². The Kier molecular flexibility index (Phi) is 5.27. The number of carboxylic acids is 1. The zero-order valence-corrected chi connectivity index (χ0v) is 10.4. The summed E-state index contributed by atoms with van der Waals surface area (Å²) in [7, 11) is 0. The molecule has 3 N–H and O–H groups in total. The summed E-state index contributed by atoms with van der Waals surface area (Å²) in [5.74, 6) is -2.32. The van der Waals surface area contributed by atoms with E-state index in [1.54, 1.807) is 6.07 Å². The molecule has 0 spiro atoms. The number of para-hydroxylation sites is 1. The lowest BCUT2D eigenvalue weighted by Gasteiger charge is -2.17. The minimum Gasteiger partial charge on any atom is -0.548 e. The molecule has 9 heteroatoms. The number of benzene rings is 1. The molecule has 0 aromatic heterocycles. The number of nitrogens with two attached hydrogens (primary N) is 1. The Morgan fingerprint density at radius 1 is 1.42 bits per heavy atom. The summed E-state index contributed by atoms with van der Waals surface area (Å²) in [5, 5.41) is 21.5. The third-order valence-electron chi connectivity index (χ3n) is 2.06. The Labute approximate surface area is 112 Å². The molecule has 0 saturated heterocycles. The predicted octanol–water partition coefficient (Wildman–Crippen LogP) is -0.815. The predicted molar refractivity (Wildman–Crippen MR) is 64.7 cm³/mol. The number of carbonyl (C=O) groups is 2. The number of nitro groups is 1. The summed E-state index contributed by atoms with van der Waals surface area (Å²) in [5.41, 5.74) is 4.72. The van der Waals surface area contributed by atoms with Crippen LogP contribution in [-0.2, 0) is 9.59 Å². The van der Waals surface area contributed by atoms with Gasteiger partial charge in [-0.1, -0.05) is 12.1 Å². The summed E-state index contributed by atoms with van der Waals surface area (Å²) in [6, 6.07) is 4.47. The Balaban J connectivity index is 2.77. The van der Waals surface area contributed by atoms with E-state index in [1.807, 2.05) is 0 Å². The standard InChI is InChI=1S/C10H11N3O5S/c11-9(14)5-6(10(15)16)12-19-8-4-2-1-3-7(8)13(17)18/h1-4,6,12H,5H2,(H2,11,14)(H,15,16)/p-1/t6-/m1/s1. The van der Waals surface area contributed by atoms with Gasteiger partial charge in [-0.2, -0.15) is 0 Å². The molecule has 8 nitrogen and oxygen atoms in total. The highest BCUT2D eigenvalue weighted by molar-refractivity contribution is 7.97. The van der Waals surface area contributed by atoms with Crippen molar-refractivity contribution in [2.45, 2.75) is 17.4 Å². The molecule has 0 heterocycles. The van der Waals surface area contributed by atoms with Gasteiger partial charge in [-0.15, -0.1) is 0 Å². The second-order valence-corrected chi connectivity index (χ2v) is 4.37. The molecule has 19 heavy (non-hydrogen) atoms. The smallest absolute Gasteiger partial charge is 0.284 e. The summed E-state index contributed by atoms with van der Waals surface area (Å²) in [4.78, 5) is 31.8. The molecule has 0 fully saturated rings. The zero-order chi connectivity index (χ0) is 14.4. The first-order chi connectivity index (χ1) is 8.91. The molecule has 1 atom stereocenters. The molecule has 0 saturated carbocycles. The molecule has 0 unspecified atom stereocenters. The van der Waals surface area contributed by atoms with Crippen LogP contribution >= 0.6 is 11.9 Å². The Morgan fingerprint density at radius 3 is 2.58 bits per heavy atom. The number of carbonyl (C=O) groups excluding carboxylic acids is 2. The molecule has 102 valence electrons. The van der Waals surface area contributed by atoms with Crippen LogP contribution < -0.4 is 15.6 Å². The van der Waals surface area contributed by atoms with Crippen LogP contribution in [0, 0.1) is 10.1 Å². The van der Waals surface area contributed by atoms with Crippen molar-refractivity contribution in [3.05, 3.63) is 34.4 Å². The highest BCUT2D eigenvalue weighted by Crippen LogP contribution is 2.26. The van der Waals surface area contributed by atoms with E-state index in [9.17, 15) is 24.8 Å². The number of primary amides is 1. The van der Waals surface area contributed by atoms with Gasteiger partial charge in [0, 0.05) is 12.5 Å². The molecule has 1 amide bonds. The highest BCUT2D eigenvalue weighted by Gasteiger charge is 2.17. The number of nitro benzene ring substituents is 1. The molecular formula is C10H10N3O5S-. The summed E-state index contributed by atoms with van der Waals surface area (Å²) in [6.07, 6.45) is -0.462. The van der Waals surface area contributed by atoms with Crippen LogP contribution in [0.4, 0.5) is 5.69 Å². The fourth-order valence-corrected chi connectivity index (χ4v) is 2.05. The zero-order valence-electron chi connectivity index (χ0n) is 9.57. The molecule has 1 rings (SSSR count). The maximum atomic E-state index is 10.7. The number of nitrogens with one attached hydrogen (secondary N) is 1. The first kappa shape index (κ1) is 14.9. The largest absolute Gasteiger partial charge is 0.548 e. The van der Waals surface area contributed by atoms with Crippen molar-refractivity contribution in [1.29, 1.82) is 0 Å². The Morgan fingerprint density at radius 2 is 2.05 bits per heavy atom. The minimum atomic E-state index is -1.51. The first-order valence-electron chi connectivity index (χ1n) is 5.06. The molecule has 0 radical (unpaired) electrons. The van der Waals surface area contributed by atoms with E-state index in [2.05, 4.69) is 4.72 Å². The average Bonchev–Trinajstić information content (AvgIpc) is 2.34. The second-order valence-electron chi connectivity index (χ2n) is 3.49. The van der Waals surface area contributed by atoms with E-state index >= 15 is 0 Å². The fourth-order valence-electron chi connectivity index (χ4n) is 1.20. The van der Waals surface area contributed by atoms with Gasteiger partial charge >= 0.3 is 0 Å². The molecule has 0 aliphatic heterocycles. The third-order valence-corrected chi connectivity index (χ3v) is 3.03. The topological polar surface area (TPSA) is 138 Å². The highest BCUT2D eigenvalue weighted by atomic mass is 32.2. The van der Waals surface area contributed by atoms with Gasteiger partial charge < -0.3 is 15.6 Å². The Hall–Kier alpha value is -2.13. The normalized spacial score (nSPS) is 11.8. The van der Waals surface area contributed by atoms with Crippen LogP contribution in [0.15, 0.2) is 29.2 Å². The summed E-state index contributed by atoms with van der Waals surface area (Å²) < 4.78 is 2.41. The van der Waals surface area contributed by atoms with Gasteiger partial charge in [0.05, 0.1) is 16.9 Å². The van der Waals surface area contributed by atoms with Crippen LogP contribution in [-0.4, -0.2) is 22.8 Å². The van der Waals surface area contributed by atoms with Crippen molar-refractivity contribution < 1.29 is 19.6 Å². The van der Waals surface area contributed by atoms with Crippen molar-refractivity contribution in [3.8, 4) is 0 Å². The molecular weight excluding hydrogens is 274 g/mol. The minimum absolute atomic E-state index is 0.170. The van der Waals surface area contributed by atoms with Crippen LogP contribution in [0.2, 0.25) is 0 Å². The molecule has 0 aliphatic rings. The van der Waals surface area contributed by atoms with Crippen molar-refractivity contribution in [1.82, 2.24) is 4.72 Å². The van der Waals surface area contributed by atoms with Gasteiger partial charge in [-0.05, 0) is 18.0 Å². The SMILES string of the molecule is NC(=O)C[C@@H](NSc1ccccc1[N+](=O)[O-])C(=O)[O-]. The van der Waals surface area contributed by atoms with Crippen molar-refractivity contribution in [2.75, 3.05) is 0 Å². The maximum Gasteiger partial charge on any atom is 0.284 e. The lowest BCUT2D eigenvalue weighted by molar-refractivity contribution is -0.387. The number of nitrogens with zero attached hydrogens (tertiary/aromatic N) is 1. The molecule has 1 aromatic carbocycles. The molecule has 0 bridgehead atoms. The van der Waals surface area contributed by atoms with Gasteiger partial charge in [-0.25, -0.2) is 0 Å². The Bertz CT molecular complexity index is 508. The summed E-state index contributed by atoms with van der Waals surface area (Å²) in [6.45, 7) is 0. The quantitative estimate of drug-likeness (QED) is 0.379. The van der Waals surface area contributed by atoms with E-state index in [1.165, 1.54) is 18.2 Å². The van der Waals surface area contributed by atoms with E-state index in [0.717, 1.165) is 11.9 Å². The van der Waals surface area contributed by atoms with Crippen molar-refractivity contribution in [2.24, 2.45) is 5.73 Å². The van der Waals surface area contributed by atoms with Crippen LogP contribution in [0.1, 0.15) is 6.42 Å². The third kappa shape index (κ3) is 4.56. The number of rotatable bonds is 7. The monoisotopic (exact) mass is 284 g/mol. The van der Waals surface area contributed by atoms with Gasteiger partial charge in [0.1, 0.15) is 4.90 Å². The fraction of sp³-hybridized carbons (Fsp3) is 0.200. The van der Waals surface area contributed by atoms with E-state index in [-0.39, 0.29) is 10.6 Å². The van der Waals surface area contributed by atoms with Crippen molar-refractivity contribution in [3.63, 3.8) is 0 Å². The van der Waals surface area contributed by atoms with Crippen LogP contribution in [0.25, 0.3) is 0 Å². The number of amides is 1. The number of hydrogen-bond acceptors (Lipinski definition) is 7. The number of carboxylic acid groups (broad SMARTS) is 1. The van der Waals surface area contributed by atoms with Gasteiger partial charge in [0.15, 0.2) is 0 Å².